The lowest BCUT2D eigenvalue weighted by molar-refractivity contribution is -0.148. The van der Waals surface area contributed by atoms with Crippen molar-refractivity contribution in [3.8, 4) is 0 Å². The SMILES string of the molecule is CCCCCCCCOC(CCCCCCCC/C=C/CCO)OCCCCCCCC. The standard InChI is InChI=1S/C29H58O3/c1-3-5-7-9-19-23-27-31-29(32-28-24-20-10-8-6-4-2)25-21-17-15-13-11-12-14-16-18-22-26-30/h16,18,29-30H,3-15,17,19-28H2,1-2H3/b18-16+. The molecule has 0 aliphatic rings. The minimum Gasteiger partial charge on any atom is -0.396 e. The maximum atomic E-state index is 8.76. The first-order valence-corrected chi connectivity index (χ1v) is 14.3. The van der Waals surface area contributed by atoms with Gasteiger partial charge < -0.3 is 14.6 Å². The third-order valence-corrected chi connectivity index (χ3v) is 6.13. The highest BCUT2D eigenvalue weighted by Crippen LogP contribution is 2.14. The van der Waals surface area contributed by atoms with Gasteiger partial charge in [-0.15, -0.1) is 0 Å². The fraction of sp³-hybridized carbons (Fsp3) is 0.931. The summed E-state index contributed by atoms with van der Waals surface area (Å²) in [5, 5.41) is 8.76. The Balaban J connectivity index is 3.82. The van der Waals surface area contributed by atoms with Gasteiger partial charge in [0.25, 0.3) is 0 Å². The molecular formula is C29H58O3. The van der Waals surface area contributed by atoms with Gasteiger partial charge in [-0.1, -0.05) is 116 Å². The summed E-state index contributed by atoms with van der Waals surface area (Å²) in [4.78, 5) is 0. The van der Waals surface area contributed by atoms with E-state index in [-0.39, 0.29) is 12.9 Å². The smallest absolute Gasteiger partial charge is 0.157 e. The molecule has 192 valence electrons. The van der Waals surface area contributed by atoms with Crippen LogP contribution in [0.15, 0.2) is 12.2 Å². The lowest BCUT2D eigenvalue weighted by Gasteiger charge is -2.19. The van der Waals surface area contributed by atoms with Gasteiger partial charge >= 0.3 is 0 Å². The molecule has 0 aromatic carbocycles. The fourth-order valence-electron chi connectivity index (χ4n) is 4.00. The zero-order valence-electron chi connectivity index (χ0n) is 22.0. The second kappa shape index (κ2) is 28.7. The van der Waals surface area contributed by atoms with Crippen molar-refractivity contribution < 1.29 is 14.6 Å². The van der Waals surface area contributed by atoms with Crippen LogP contribution in [0.1, 0.15) is 149 Å². The van der Waals surface area contributed by atoms with Crippen molar-refractivity contribution in [2.24, 2.45) is 0 Å². The van der Waals surface area contributed by atoms with Crippen LogP contribution in [-0.2, 0) is 9.47 Å². The van der Waals surface area contributed by atoms with Crippen LogP contribution in [0.3, 0.4) is 0 Å². The average Bonchev–Trinajstić information content (AvgIpc) is 2.80. The Morgan fingerprint density at radius 2 is 0.969 bits per heavy atom. The molecule has 0 aliphatic carbocycles. The molecule has 0 fully saturated rings. The summed E-state index contributed by atoms with van der Waals surface area (Å²) in [6, 6.07) is 0. The molecule has 0 aliphatic heterocycles. The number of ether oxygens (including phenoxy) is 2. The van der Waals surface area contributed by atoms with Crippen LogP contribution >= 0.6 is 0 Å². The first-order chi connectivity index (χ1) is 15.8. The summed E-state index contributed by atoms with van der Waals surface area (Å²) in [5.41, 5.74) is 0. The van der Waals surface area contributed by atoms with E-state index in [1.165, 1.54) is 116 Å². The summed E-state index contributed by atoms with van der Waals surface area (Å²) >= 11 is 0. The van der Waals surface area contributed by atoms with Gasteiger partial charge in [0, 0.05) is 19.8 Å². The third-order valence-electron chi connectivity index (χ3n) is 6.13. The fourth-order valence-corrected chi connectivity index (χ4v) is 4.00. The predicted octanol–water partition coefficient (Wildman–Crippen LogP) is 9.13. The minimum absolute atomic E-state index is 0.0120. The molecule has 0 aromatic heterocycles. The van der Waals surface area contributed by atoms with E-state index < -0.39 is 0 Å². The summed E-state index contributed by atoms with van der Waals surface area (Å²) in [6.45, 7) is 6.53. The van der Waals surface area contributed by atoms with Crippen LogP contribution < -0.4 is 0 Å². The topological polar surface area (TPSA) is 38.7 Å². The summed E-state index contributed by atoms with van der Waals surface area (Å²) in [6.07, 6.45) is 30.8. The van der Waals surface area contributed by atoms with Crippen molar-refractivity contribution in [2.75, 3.05) is 19.8 Å². The van der Waals surface area contributed by atoms with Crippen LogP contribution in [0.5, 0.6) is 0 Å². The second-order valence-electron chi connectivity index (χ2n) is 9.39. The van der Waals surface area contributed by atoms with Crippen LogP contribution in [0.25, 0.3) is 0 Å². The number of aliphatic hydroxyl groups excluding tert-OH is 1. The molecule has 0 unspecified atom stereocenters. The molecule has 0 saturated heterocycles. The van der Waals surface area contributed by atoms with E-state index in [0.29, 0.717) is 0 Å². The van der Waals surface area contributed by atoms with Crippen molar-refractivity contribution >= 4 is 0 Å². The quantitative estimate of drug-likeness (QED) is 0.0763. The van der Waals surface area contributed by atoms with E-state index >= 15 is 0 Å². The third kappa shape index (κ3) is 25.9. The van der Waals surface area contributed by atoms with Crippen molar-refractivity contribution in [3.63, 3.8) is 0 Å². The number of hydrogen-bond acceptors (Lipinski definition) is 3. The number of rotatable bonds is 27. The molecule has 1 N–H and O–H groups in total. The van der Waals surface area contributed by atoms with Crippen molar-refractivity contribution in [1.82, 2.24) is 0 Å². The monoisotopic (exact) mass is 454 g/mol. The molecular weight excluding hydrogens is 396 g/mol. The minimum atomic E-state index is 0.0120. The Hall–Kier alpha value is -0.380. The number of unbranched alkanes of at least 4 members (excludes halogenated alkanes) is 16. The highest BCUT2D eigenvalue weighted by atomic mass is 16.7. The normalized spacial score (nSPS) is 11.9. The number of allylic oxidation sites excluding steroid dienone is 1. The van der Waals surface area contributed by atoms with E-state index in [4.69, 9.17) is 14.6 Å². The van der Waals surface area contributed by atoms with Gasteiger partial charge in [0.15, 0.2) is 6.29 Å². The largest absolute Gasteiger partial charge is 0.396 e. The molecule has 0 heterocycles. The molecule has 0 amide bonds. The van der Waals surface area contributed by atoms with Crippen LogP contribution in [0.4, 0.5) is 0 Å². The van der Waals surface area contributed by atoms with E-state index in [2.05, 4.69) is 26.0 Å². The molecule has 32 heavy (non-hydrogen) atoms. The van der Waals surface area contributed by atoms with E-state index in [0.717, 1.165) is 32.5 Å². The van der Waals surface area contributed by atoms with Crippen molar-refractivity contribution in [2.45, 2.75) is 155 Å². The van der Waals surface area contributed by atoms with Gasteiger partial charge in [-0.2, -0.15) is 0 Å². The Bertz CT molecular complexity index is 338. The summed E-state index contributed by atoms with van der Waals surface area (Å²) < 4.78 is 12.3. The highest BCUT2D eigenvalue weighted by Gasteiger charge is 2.09. The van der Waals surface area contributed by atoms with E-state index in [9.17, 15) is 0 Å². The maximum absolute atomic E-state index is 8.76. The van der Waals surface area contributed by atoms with Crippen LogP contribution in [0.2, 0.25) is 0 Å². The first-order valence-electron chi connectivity index (χ1n) is 14.3. The zero-order valence-corrected chi connectivity index (χ0v) is 22.0. The predicted molar refractivity (Wildman–Crippen MR) is 140 cm³/mol. The summed E-state index contributed by atoms with van der Waals surface area (Å²) in [5.74, 6) is 0. The lowest BCUT2D eigenvalue weighted by atomic mass is 10.1. The van der Waals surface area contributed by atoms with Gasteiger partial charge in [-0.05, 0) is 44.9 Å². The zero-order chi connectivity index (χ0) is 23.4. The Labute approximate surface area is 201 Å². The molecule has 0 aromatic rings. The molecule has 0 radical (unpaired) electrons. The maximum Gasteiger partial charge on any atom is 0.157 e. The van der Waals surface area contributed by atoms with E-state index in [1.54, 1.807) is 0 Å². The van der Waals surface area contributed by atoms with Crippen LogP contribution in [-0.4, -0.2) is 31.2 Å². The van der Waals surface area contributed by atoms with Crippen LogP contribution in [0, 0.1) is 0 Å². The first kappa shape index (κ1) is 31.6. The van der Waals surface area contributed by atoms with Gasteiger partial charge in [-0.3, -0.25) is 0 Å². The lowest BCUT2D eigenvalue weighted by Crippen LogP contribution is -2.19. The Kier molecular flexibility index (Phi) is 28.3. The number of aliphatic hydroxyl groups is 1. The highest BCUT2D eigenvalue weighted by molar-refractivity contribution is 4.80. The van der Waals surface area contributed by atoms with Gasteiger partial charge in [-0.25, -0.2) is 0 Å². The summed E-state index contributed by atoms with van der Waals surface area (Å²) in [7, 11) is 0. The Morgan fingerprint density at radius 1 is 0.531 bits per heavy atom. The van der Waals surface area contributed by atoms with Gasteiger partial charge in [0.1, 0.15) is 0 Å². The average molecular weight is 455 g/mol. The molecule has 3 heteroatoms. The van der Waals surface area contributed by atoms with Crippen molar-refractivity contribution in [3.05, 3.63) is 12.2 Å². The molecule has 0 saturated carbocycles. The second-order valence-corrected chi connectivity index (χ2v) is 9.39. The molecule has 0 bridgehead atoms. The number of hydrogen-bond donors (Lipinski definition) is 1. The van der Waals surface area contributed by atoms with Gasteiger partial charge in [0.05, 0.1) is 0 Å². The molecule has 0 spiro atoms. The molecule has 3 nitrogen and oxygen atoms in total. The van der Waals surface area contributed by atoms with E-state index in [1.807, 2.05) is 0 Å². The molecule has 0 atom stereocenters. The van der Waals surface area contributed by atoms with Gasteiger partial charge in [0.2, 0.25) is 0 Å². The Morgan fingerprint density at radius 3 is 1.50 bits per heavy atom. The van der Waals surface area contributed by atoms with Crippen molar-refractivity contribution in [1.29, 1.82) is 0 Å². The molecule has 0 rings (SSSR count).